The number of aliphatic hydroxyl groups is 1. The Hall–Kier alpha value is -0.970. The number of hydrogen-bond acceptors (Lipinski definition) is 1. The van der Waals surface area contributed by atoms with Gasteiger partial charge in [-0.2, -0.15) is 0 Å². The van der Waals surface area contributed by atoms with Gasteiger partial charge in [-0.05, 0) is 134 Å². The maximum Gasteiger partial charge on any atom is 0.126 e. The predicted molar refractivity (Wildman–Crippen MR) is 156 cm³/mol. The Morgan fingerprint density at radius 3 is 2.35 bits per heavy atom. The van der Waals surface area contributed by atoms with Crippen LogP contribution in [-0.2, 0) is 0 Å². The molecule has 204 valence electrons. The molecule has 0 heterocycles. The van der Waals surface area contributed by atoms with Gasteiger partial charge in [0.05, 0.1) is 0 Å². The van der Waals surface area contributed by atoms with E-state index in [-0.39, 0.29) is 0 Å². The zero-order valence-electron chi connectivity index (χ0n) is 24.2. The van der Waals surface area contributed by atoms with Gasteiger partial charge in [0.2, 0.25) is 0 Å². The van der Waals surface area contributed by atoms with Crippen LogP contribution in [0.1, 0.15) is 117 Å². The molecular weight excluding hydrogens is 472 g/mol. The highest BCUT2D eigenvalue weighted by Crippen LogP contribution is 2.68. The fourth-order valence-electron chi connectivity index (χ4n) is 10.1. The molecule has 1 aromatic carbocycles. The van der Waals surface area contributed by atoms with Gasteiger partial charge in [0.15, 0.2) is 0 Å². The second-order valence-corrected chi connectivity index (χ2v) is 15.1. The topological polar surface area (TPSA) is 20.2 Å². The first-order valence-corrected chi connectivity index (χ1v) is 15.9. The second kappa shape index (κ2) is 10.5. The second-order valence-electron chi connectivity index (χ2n) is 14.7. The lowest BCUT2D eigenvalue weighted by molar-refractivity contribution is -0.140. The van der Waals surface area contributed by atoms with Crippen molar-refractivity contribution in [3.8, 4) is 11.8 Å². The fourth-order valence-corrected chi connectivity index (χ4v) is 10.2. The molecule has 37 heavy (non-hydrogen) atoms. The normalized spacial score (nSPS) is 41.8. The maximum atomic E-state index is 11.5. The molecule has 0 spiro atoms. The van der Waals surface area contributed by atoms with Crippen LogP contribution in [0, 0.1) is 64.1 Å². The summed E-state index contributed by atoms with van der Waals surface area (Å²) < 4.78 is 0. The van der Waals surface area contributed by atoms with Crippen LogP contribution in [-0.4, -0.2) is 10.7 Å². The smallest absolute Gasteiger partial charge is 0.126 e. The van der Waals surface area contributed by atoms with E-state index in [4.69, 9.17) is 11.6 Å². The van der Waals surface area contributed by atoms with E-state index in [2.05, 4.69) is 46.5 Å². The predicted octanol–water partition coefficient (Wildman–Crippen LogP) is 9.54. The molecule has 0 aromatic heterocycles. The molecule has 4 fully saturated rings. The van der Waals surface area contributed by atoms with Crippen molar-refractivity contribution < 1.29 is 5.11 Å². The lowest BCUT2D eigenvalue weighted by Gasteiger charge is -2.62. The van der Waals surface area contributed by atoms with E-state index in [9.17, 15) is 5.11 Å². The molecule has 0 radical (unpaired) electrons. The Morgan fingerprint density at radius 1 is 0.892 bits per heavy atom. The van der Waals surface area contributed by atoms with E-state index in [0.29, 0.717) is 16.7 Å². The quantitative estimate of drug-likeness (QED) is 0.381. The fraction of sp³-hybridized carbons (Fsp3) is 0.771. The molecule has 1 aromatic rings. The molecule has 4 aliphatic carbocycles. The van der Waals surface area contributed by atoms with E-state index in [0.717, 1.165) is 65.4 Å². The van der Waals surface area contributed by atoms with Gasteiger partial charge in [-0.1, -0.05) is 77.3 Å². The van der Waals surface area contributed by atoms with Gasteiger partial charge < -0.3 is 5.11 Å². The van der Waals surface area contributed by atoms with Gasteiger partial charge in [-0.15, -0.1) is 0 Å². The highest BCUT2D eigenvalue weighted by atomic mass is 35.5. The molecule has 5 rings (SSSR count). The van der Waals surface area contributed by atoms with E-state index in [1.54, 1.807) is 0 Å². The zero-order chi connectivity index (χ0) is 26.4. The lowest BCUT2D eigenvalue weighted by atomic mass is 9.43. The minimum Gasteiger partial charge on any atom is -0.378 e. The molecule has 0 aliphatic heterocycles. The van der Waals surface area contributed by atoms with Crippen LogP contribution in [0.2, 0.25) is 5.02 Å². The molecule has 0 unspecified atom stereocenters. The number of rotatable bonds is 5. The van der Waals surface area contributed by atoms with Crippen molar-refractivity contribution in [3.63, 3.8) is 0 Å². The molecule has 2 heteroatoms. The van der Waals surface area contributed by atoms with Crippen LogP contribution in [0.4, 0.5) is 0 Å². The van der Waals surface area contributed by atoms with Gasteiger partial charge in [0.1, 0.15) is 5.60 Å². The van der Waals surface area contributed by atoms with E-state index in [1.165, 1.54) is 57.8 Å². The summed E-state index contributed by atoms with van der Waals surface area (Å²) >= 11 is 6.03. The Morgan fingerprint density at radius 2 is 1.62 bits per heavy atom. The third-order valence-corrected chi connectivity index (χ3v) is 12.5. The van der Waals surface area contributed by atoms with Crippen LogP contribution in [0.3, 0.4) is 0 Å². The Labute approximate surface area is 232 Å². The third kappa shape index (κ3) is 5.29. The van der Waals surface area contributed by atoms with Gasteiger partial charge in [-0.3, -0.25) is 0 Å². The summed E-state index contributed by atoms with van der Waals surface area (Å²) in [7, 11) is 0. The summed E-state index contributed by atoms with van der Waals surface area (Å²) in [6.45, 7) is 12.6. The standard InChI is InChI=1S/C35H51ClO/c1-24(2)7-6-8-25(3)30-15-16-31-29-14-11-27-23-35(37,20-17-26-9-12-28(36)13-10-26)22-21-33(27,4)32(29)18-19-34(30,31)5/h9-10,12-13,24-25,27,29-32,37H,6-8,11,14-16,18-19,21-23H2,1-5H3/t25-,27-,29-,30+,31-,32+,33+,34-,35+/m1/s1. The van der Waals surface area contributed by atoms with Gasteiger partial charge in [0.25, 0.3) is 0 Å². The molecule has 1 N–H and O–H groups in total. The molecule has 4 saturated carbocycles. The first-order valence-electron chi connectivity index (χ1n) is 15.6. The minimum absolute atomic E-state index is 0.374. The van der Waals surface area contributed by atoms with Crippen molar-refractivity contribution in [3.05, 3.63) is 34.9 Å². The summed E-state index contributed by atoms with van der Waals surface area (Å²) in [5, 5.41) is 12.3. The number of halogens is 1. The van der Waals surface area contributed by atoms with E-state index in [1.807, 2.05) is 24.3 Å². The molecular formula is C35H51ClO. The highest BCUT2D eigenvalue weighted by molar-refractivity contribution is 6.30. The monoisotopic (exact) mass is 522 g/mol. The largest absolute Gasteiger partial charge is 0.378 e. The van der Waals surface area contributed by atoms with Crippen LogP contribution in [0.15, 0.2) is 24.3 Å². The molecule has 0 saturated heterocycles. The summed E-state index contributed by atoms with van der Waals surface area (Å²) in [5.41, 5.74) is 1.03. The van der Waals surface area contributed by atoms with Crippen molar-refractivity contribution in [2.75, 3.05) is 0 Å². The van der Waals surface area contributed by atoms with Crippen molar-refractivity contribution in [1.82, 2.24) is 0 Å². The minimum atomic E-state index is -0.844. The first kappa shape index (κ1) is 27.6. The highest BCUT2D eigenvalue weighted by Gasteiger charge is 2.61. The first-order chi connectivity index (χ1) is 17.5. The number of fused-ring (bicyclic) bond motifs is 5. The Bertz CT molecular complexity index is 1000. The van der Waals surface area contributed by atoms with Crippen LogP contribution in [0.5, 0.6) is 0 Å². The summed E-state index contributed by atoms with van der Waals surface area (Å²) in [5.74, 6) is 12.5. The Kier molecular flexibility index (Phi) is 7.86. The molecule has 0 bridgehead atoms. The van der Waals surface area contributed by atoms with E-state index >= 15 is 0 Å². The maximum absolute atomic E-state index is 11.5. The average Bonchev–Trinajstić information content (AvgIpc) is 3.21. The van der Waals surface area contributed by atoms with Gasteiger partial charge in [-0.25, -0.2) is 0 Å². The number of benzene rings is 1. The molecule has 4 aliphatic rings. The third-order valence-electron chi connectivity index (χ3n) is 12.2. The number of hydrogen-bond donors (Lipinski definition) is 1. The van der Waals surface area contributed by atoms with Crippen LogP contribution in [0.25, 0.3) is 0 Å². The van der Waals surface area contributed by atoms with Crippen molar-refractivity contribution in [1.29, 1.82) is 0 Å². The van der Waals surface area contributed by atoms with Gasteiger partial charge in [0, 0.05) is 10.6 Å². The van der Waals surface area contributed by atoms with E-state index < -0.39 is 5.60 Å². The van der Waals surface area contributed by atoms with Gasteiger partial charge >= 0.3 is 0 Å². The molecule has 9 atom stereocenters. The molecule has 0 amide bonds. The summed E-state index contributed by atoms with van der Waals surface area (Å²) in [6, 6.07) is 7.67. The van der Waals surface area contributed by atoms with Crippen LogP contribution >= 0.6 is 11.6 Å². The summed E-state index contributed by atoms with van der Waals surface area (Å²) in [4.78, 5) is 0. The van der Waals surface area contributed by atoms with Crippen molar-refractivity contribution >= 4 is 11.6 Å². The SMILES string of the molecule is CC(C)CCC[C@@H](C)[C@@H]1CC[C@@H]2[C@H]3CC[C@@H]4C[C@](O)(C#Cc5ccc(Cl)cc5)CC[C@]4(C)[C@H]3CC[C@@]21C. The Balaban J connectivity index is 1.26. The average molecular weight is 523 g/mol. The van der Waals surface area contributed by atoms with Crippen molar-refractivity contribution in [2.45, 2.75) is 117 Å². The van der Waals surface area contributed by atoms with Crippen molar-refractivity contribution in [2.24, 2.45) is 52.3 Å². The van der Waals surface area contributed by atoms with Crippen LogP contribution < -0.4 is 0 Å². The molecule has 1 nitrogen and oxygen atoms in total. The summed E-state index contributed by atoms with van der Waals surface area (Å²) in [6.07, 6.45) is 15.5. The zero-order valence-corrected chi connectivity index (χ0v) is 24.9. The lowest BCUT2D eigenvalue weighted by Crippen LogP contribution is -2.55.